The van der Waals surface area contributed by atoms with Crippen molar-refractivity contribution in [3.8, 4) is 17.9 Å². The molecule has 2 heterocycles. The quantitative estimate of drug-likeness (QED) is 0.873. The van der Waals surface area contributed by atoms with E-state index >= 15 is 0 Å². The minimum Gasteiger partial charge on any atom is -0.497 e. The van der Waals surface area contributed by atoms with E-state index in [1.165, 1.54) is 0 Å². The highest BCUT2D eigenvalue weighted by Gasteiger charge is 3.00. The van der Waals surface area contributed by atoms with Gasteiger partial charge in [-0.2, -0.15) is 10.5 Å². The van der Waals surface area contributed by atoms with Crippen LogP contribution in [0.25, 0.3) is 0 Å². The summed E-state index contributed by atoms with van der Waals surface area (Å²) in [6.07, 6.45) is -0.239. The number of aliphatic imine (C=N–C) groups is 1. The molecule has 3 aliphatic rings. The van der Waals surface area contributed by atoms with Gasteiger partial charge in [0.15, 0.2) is 10.8 Å². The van der Waals surface area contributed by atoms with Gasteiger partial charge in [-0.15, -0.1) is 0 Å². The number of benzene rings is 1. The molecule has 25 heavy (non-hydrogen) atoms. The first-order valence-electron chi connectivity index (χ1n) is 8.04. The largest absolute Gasteiger partial charge is 0.497 e. The van der Waals surface area contributed by atoms with Gasteiger partial charge in [-0.05, 0) is 24.6 Å². The summed E-state index contributed by atoms with van der Waals surface area (Å²) in [5, 5.41) is 20.2. The van der Waals surface area contributed by atoms with Crippen molar-refractivity contribution < 1.29 is 14.2 Å². The summed E-state index contributed by atoms with van der Waals surface area (Å²) >= 11 is 0. The normalized spacial score (nSPS) is 43.9. The summed E-state index contributed by atoms with van der Waals surface area (Å²) in [4.78, 5) is 4.32. The Morgan fingerprint density at radius 3 is 2.44 bits per heavy atom. The number of rotatable bonds is 2. The molecule has 0 unspecified atom stereocenters. The summed E-state index contributed by atoms with van der Waals surface area (Å²) < 4.78 is 17.0. The van der Waals surface area contributed by atoms with Crippen LogP contribution in [0.15, 0.2) is 29.3 Å². The monoisotopic (exact) mass is 338 g/mol. The topological polar surface area (TPSA) is 114 Å². The Bertz CT molecular complexity index is 870. The second kappa shape index (κ2) is 4.51. The average Bonchev–Trinajstić information content (AvgIpc) is 2.80. The van der Waals surface area contributed by atoms with Crippen LogP contribution >= 0.6 is 0 Å². The second-order valence-electron chi connectivity index (χ2n) is 6.90. The lowest BCUT2D eigenvalue weighted by Crippen LogP contribution is -2.42. The van der Waals surface area contributed by atoms with Gasteiger partial charge in [0.1, 0.15) is 11.6 Å². The van der Waals surface area contributed by atoms with Gasteiger partial charge < -0.3 is 19.9 Å². The van der Waals surface area contributed by atoms with Gasteiger partial charge in [-0.1, -0.05) is 19.1 Å². The maximum Gasteiger partial charge on any atom is 0.294 e. The molecule has 7 nitrogen and oxygen atoms in total. The Morgan fingerprint density at radius 1 is 1.28 bits per heavy atom. The number of nitriles is 2. The highest BCUT2D eigenvalue weighted by atomic mass is 16.8. The first-order valence-corrected chi connectivity index (χ1v) is 8.04. The highest BCUT2D eigenvalue weighted by Crippen LogP contribution is 2.85. The zero-order chi connectivity index (χ0) is 18.1. The Morgan fingerprint density at radius 2 is 1.96 bits per heavy atom. The molecule has 1 aliphatic carbocycles. The molecule has 128 valence electrons. The van der Waals surface area contributed by atoms with Gasteiger partial charge in [-0.3, -0.25) is 0 Å². The predicted molar refractivity (Wildman–Crippen MR) is 87.3 cm³/mol. The van der Waals surface area contributed by atoms with Crippen LogP contribution < -0.4 is 10.5 Å². The van der Waals surface area contributed by atoms with Crippen LogP contribution in [0.1, 0.15) is 19.4 Å². The SMILES string of the molecule is COc1ccc([C@@]2(C)[C@]3(C#N)C(N)=N[C@@]4(OC[C@@H](C)O4)[C@@]32C#N)cc1. The van der Waals surface area contributed by atoms with Crippen LogP contribution in [-0.4, -0.2) is 31.6 Å². The van der Waals surface area contributed by atoms with E-state index in [0.717, 1.165) is 5.56 Å². The van der Waals surface area contributed by atoms with Crippen LogP contribution in [0.5, 0.6) is 5.75 Å². The minimum atomic E-state index is -1.55. The van der Waals surface area contributed by atoms with E-state index in [1.54, 1.807) is 19.2 Å². The molecule has 0 radical (unpaired) electrons. The summed E-state index contributed by atoms with van der Waals surface area (Å²) in [6.45, 7) is 3.98. The van der Waals surface area contributed by atoms with E-state index in [4.69, 9.17) is 19.9 Å². The first kappa shape index (κ1) is 15.9. The van der Waals surface area contributed by atoms with E-state index in [2.05, 4.69) is 17.1 Å². The van der Waals surface area contributed by atoms with Gasteiger partial charge in [0.2, 0.25) is 0 Å². The van der Waals surface area contributed by atoms with Crippen molar-refractivity contribution in [1.82, 2.24) is 0 Å². The lowest BCUT2D eigenvalue weighted by Gasteiger charge is -2.30. The Labute approximate surface area is 145 Å². The average molecular weight is 338 g/mol. The molecule has 1 aromatic carbocycles. The van der Waals surface area contributed by atoms with Crippen molar-refractivity contribution in [2.24, 2.45) is 21.6 Å². The molecule has 2 aliphatic heterocycles. The number of nitrogens with two attached hydrogens (primary N) is 1. The minimum absolute atomic E-state index is 0.0870. The maximum atomic E-state index is 10.2. The molecule has 1 saturated carbocycles. The van der Waals surface area contributed by atoms with Crippen LogP contribution in [0.3, 0.4) is 0 Å². The van der Waals surface area contributed by atoms with Gasteiger partial charge in [0, 0.05) is 5.41 Å². The van der Waals surface area contributed by atoms with Crippen LogP contribution in [0.4, 0.5) is 0 Å². The van der Waals surface area contributed by atoms with E-state index in [1.807, 2.05) is 26.0 Å². The number of fused-ring (bicyclic) bond motifs is 2. The van der Waals surface area contributed by atoms with Gasteiger partial charge >= 0.3 is 0 Å². The van der Waals surface area contributed by atoms with Crippen molar-refractivity contribution in [2.45, 2.75) is 31.3 Å². The molecule has 1 saturated heterocycles. The van der Waals surface area contributed by atoms with Crippen molar-refractivity contribution >= 4 is 5.84 Å². The number of amidine groups is 1. The van der Waals surface area contributed by atoms with E-state index in [-0.39, 0.29) is 11.9 Å². The number of hydrogen-bond acceptors (Lipinski definition) is 7. The van der Waals surface area contributed by atoms with Crippen LogP contribution in [0, 0.1) is 33.5 Å². The molecule has 1 spiro atoms. The number of hydrogen-bond donors (Lipinski definition) is 1. The molecular formula is C18H18N4O3. The molecule has 2 N–H and O–H groups in total. The molecule has 2 fully saturated rings. The lowest BCUT2D eigenvalue weighted by molar-refractivity contribution is -0.196. The van der Waals surface area contributed by atoms with Crippen molar-refractivity contribution in [3.63, 3.8) is 0 Å². The van der Waals surface area contributed by atoms with Crippen molar-refractivity contribution in [1.29, 1.82) is 10.5 Å². The molecule has 5 atom stereocenters. The number of methoxy groups -OCH3 is 1. The second-order valence-corrected chi connectivity index (χ2v) is 6.90. The summed E-state index contributed by atoms with van der Waals surface area (Å²) in [6, 6.07) is 11.9. The third-order valence-electron chi connectivity index (χ3n) is 6.00. The fourth-order valence-electron chi connectivity index (χ4n) is 4.75. The fourth-order valence-corrected chi connectivity index (χ4v) is 4.75. The molecule has 1 aromatic rings. The maximum absolute atomic E-state index is 10.2. The molecule has 0 bridgehead atoms. The molecule has 4 rings (SSSR count). The van der Waals surface area contributed by atoms with E-state index in [9.17, 15) is 10.5 Å². The molecule has 0 amide bonds. The van der Waals surface area contributed by atoms with Crippen molar-refractivity contribution in [2.75, 3.05) is 13.7 Å². The zero-order valence-electron chi connectivity index (χ0n) is 14.2. The van der Waals surface area contributed by atoms with Crippen LogP contribution in [-0.2, 0) is 14.9 Å². The Kier molecular flexibility index (Phi) is 2.87. The van der Waals surface area contributed by atoms with Gasteiger partial charge in [-0.25, -0.2) is 4.99 Å². The predicted octanol–water partition coefficient (Wildman–Crippen LogP) is 1.45. The number of ether oxygens (including phenoxy) is 3. The Balaban J connectivity index is 1.94. The third kappa shape index (κ3) is 1.34. The van der Waals surface area contributed by atoms with E-state index < -0.39 is 22.2 Å². The lowest BCUT2D eigenvalue weighted by atomic mass is 9.84. The summed E-state index contributed by atoms with van der Waals surface area (Å²) in [7, 11) is 1.58. The molecule has 7 heteroatoms. The first-order chi connectivity index (χ1) is 11.9. The van der Waals surface area contributed by atoms with Gasteiger partial charge in [0.25, 0.3) is 5.91 Å². The number of nitrogens with zero attached hydrogens (tertiary/aromatic N) is 3. The van der Waals surface area contributed by atoms with Gasteiger partial charge in [0.05, 0.1) is 32.0 Å². The Hall–Kier alpha value is -2.61. The summed E-state index contributed by atoms with van der Waals surface area (Å²) in [5.74, 6) is -0.771. The van der Waals surface area contributed by atoms with E-state index in [0.29, 0.717) is 12.4 Å². The molecule has 0 aromatic heterocycles. The standard InChI is InChI=1S/C18H18N4O3/c1-11-8-24-18(25-11)17(10-20)15(2,16(17,9-19)14(21)22-18)12-4-6-13(23-3)7-5-12/h4-7,11H,8H2,1-3H3,(H2,21,22)/t11-,15+,16+,17-,18-/m1/s1. The smallest absolute Gasteiger partial charge is 0.294 e. The molecular weight excluding hydrogens is 320 g/mol. The van der Waals surface area contributed by atoms with Crippen LogP contribution in [0.2, 0.25) is 0 Å². The fraction of sp³-hybridized carbons (Fsp3) is 0.500. The summed E-state index contributed by atoms with van der Waals surface area (Å²) in [5.41, 5.74) is 3.43. The highest BCUT2D eigenvalue weighted by molar-refractivity contribution is 6.02. The zero-order valence-corrected chi connectivity index (χ0v) is 14.2. The van der Waals surface area contributed by atoms with Crippen molar-refractivity contribution in [3.05, 3.63) is 29.8 Å². The third-order valence-corrected chi connectivity index (χ3v) is 6.00.